The van der Waals surface area contributed by atoms with E-state index in [-0.39, 0.29) is 18.4 Å². The number of anilines is 1. The summed E-state index contributed by atoms with van der Waals surface area (Å²) in [5.74, 6) is 2.12. The SMILES string of the molecule is COc1ccccc1N1C[C@@H](c2nc3ccccc3n2C[C@H](O)COc2cccc(C)c2)CC1=O. The molecule has 2 atom stereocenters. The number of amides is 1. The highest BCUT2D eigenvalue weighted by atomic mass is 16.5. The maximum absolute atomic E-state index is 13.0. The number of ether oxygens (including phenoxy) is 2. The van der Waals surface area contributed by atoms with Gasteiger partial charge in [0.15, 0.2) is 0 Å². The molecule has 0 saturated carbocycles. The number of fused-ring (bicyclic) bond motifs is 1. The lowest BCUT2D eigenvalue weighted by molar-refractivity contribution is -0.117. The van der Waals surface area contributed by atoms with Gasteiger partial charge in [-0.05, 0) is 48.9 Å². The Morgan fingerprint density at radius 3 is 2.71 bits per heavy atom. The Kier molecular flexibility index (Phi) is 6.42. The number of aryl methyl sites for hydroxylation is 1. The maximum Gasteiger partial charge on any atom is 0.227 e. The number of aliphatic hydroxyl groups excluding tert-OH is 1. The van der Waals surface area contributed by atoms with Crippen molar-refractivity contribution in [3.05, 3.63) is 84.2 Å². The molecule has 4 aromatic rings. The second-order valence-corrected chi connectivity index (χ2v) is 8.93. The van der Waals surface area contributed by atoms with Gasteiger partial charge in [0, 0.05) is 18.9 Å². The molecule has 0 unspecified atom stereocenters. The number of nitrogens with zero attached hydrogens (tertiary/aromatic N) is 3. The number of aromatic nitrogens is 2. The fourth-order valence-corrected chi connectivity index (χ4v) is 4.72. The molecule has 1 aliphatic heterocycles. The summed E-state index contributed by atoms with van der Waals surface area (Å²) in [6, 6.07) is 23.2. The minimum atomic E-state index is -0.741. The van der Waals surface area contributed by atoms with Crippen LogP contribution in [0.5, 0.6) is 11.5 Å². The Labute approximate surface area is 204 Å². The number of imidazole rings is 1. The summed E-state index contributed by atoms with van der Waals surface area (Å²) in [6.07, 6.45) is -0.397. The van der Waals surface area contributed by atoms with Crippen molar-refractivity contribution < 1.29 is 19.4 Å². The van der Waals surface area contributed by atoms with Crippen molar-refractivity contribution in [2.24, 2.45) is 0 Å². The molecule has 35 heavy (non-hydrogen) atoms. The van der Waals surface area contributed by atoms with Gasteiger partial charge in [-0.3, -0.25) is 4.79 Å². The molecule has 7 heteroatoms. The molecule has 1 N–H and O–H groups in total. The molecule has 1 fully saturated rings. The standard InChI is InChI=1S/C28H29N3O4/c1-19-8-7-9-22(14-19)35-18-21(32)17-31-24-11-4-3-10-23(24)29-28(31)20-15-27(33)30(16-20)25-12-5-6-13-26(25)34-2/h3-14,20-21,32H,15-18H2,1-2H3/t20-,21-/m0/s1. The lowest BCUT2D eigenvalue weighted by Gasteiger charge is -2.20. The number of carbonyl (C=O) groups excluding carboxylic acids is 1. The van der Waals surface area contributed by atoms with Crippen molar-refractivity contribution in [2.75, 3.05) is 25.2 Å². The van der Waals surface area contributed by atoms with Crippen molar-refractivity contribution in [3.8, 4) is 11.5 Å². The molecule has 180 valence electrons. The van der Waals surface area contributed by atoms with Gasteiger partial charge in [0.1, 0.15) is 30.0 Å². The highest BCUT2D eigenvalue weighted by Crippen LogP contribution is 2.37. The lowest BCUT2D eigenvalue weighted by atomic mass is 10.1. The molecule has 2 heterocycles. The number of hydrogen-bond donors (Lipinski definition) is 1. The first-order chi connectivity index (χ1) is 17.0. The molecular formula is C28H29N3O4. The van der Waals surface area contributed by atoms with E-state index in [0.29, 0.717) is 25.3 Å². The number of benzene rings is 3. The van der Waals surface area contributed by atoms with Gasteiger partial charge in [-0.1, -0.05) is 36.4 Å². The zero-order valence-electron chi connectivity index (χ0n) is 19.9. The van der Waals surface area contributed by atoms with Crippen molar-refractivity contribution in [3.63, 3.8) is 0 Å². The van der Waals surface area contributed by atoms with E-state index in [9.17, 15) is 9.90 Å². The van der Waals surface area contributed by atoms with Crippen LogP contribution in [0, 0.1) is 6.92 Å². The van der Waals surface area contributed by atoms with Crippen LogP contribution in [-0.4, -0.2) is 46.9 Å². The number of methoxy groups -OCH3 is 1. The molecule has 3 aromatic carbocycles. The third-order valence-electron chi connectivity index (χ3n) is 6.38. The third kappa shape index (κ3) is 4.72. The van der Waals surface area contributed by atoms with Gasteiger partial charge in [-0.25, -0.2) is 4.98 Å². The lowest BCUT2D eigenvalue weighted by Crippen LogP contribution is -2.26. The largest absolute Gasteiger partial charge is 0.495 e. The summed E-state index contributed by atoms with van der Waals surface area (Å²) in [4.78, 5) is 19.7. The average Bonchev–Trinajstić information content (AvgIpc) is 3.43. The number of aliphatic hydroxyl groups is 1. The molecule has 1 aliphatic rings. The topological polar surface area (TPSA) is 76.8 Å². The zero-order valence-corrected chi connectivity index (χ0v) is 19.9. The van der Waals surface area contributed by atoms with Crippen molar-refractivity contribution in [2.45, 2.75) is 31.9 Å². The monoisotopic (exact) mass is 471 g/mol. The Balaban J connectivity index is 1.39. The van der Waals surface area contributed by atoms with Crippen LogP contribution in [0.25, 0.3) is 11.0 Å². The molecule has 1 amide bonds. The van der Waals surface area contributed by atoms with Crippen LogP contribution in [0.4, 0.5) is 5.69 Å². The first kappa shape index (κ1) is 22.9. The van der Waals surface area contributed by atoms with Crippen molar-refractivity contribution in [1.82, 2.24) is 9.55 Å². The number of hydrogen-bond acceptors (Lipinski definition) is 5. The van der Waals surface area contributed by atoms with Gasteiger partial charge >= 0.3 is 0 Å². The summed E-state index contributed by atoms with van der Waals surface area (Å²) in [5.41, 5.74) is 3.64. The van der Waals surface area contributed by atoms with Crippen molar-refractivity contribution >= 4 is 22.6 Å². The predicted octanol–water partition coefficient (Wildman–Crippen LogP) is 4.31. The quantitative estimate of drug-likeness (QED) is 0.414. The Morgan fingerprint density at radius 1 is 1.09 bits per heavy atom. The van der Waals surface area contributed by atoms with Crippen LogP contribution in [0.15, 0.2) is 72.8 Å². The molecular weight excluding hydrogens is 442 g/mol. The van der Waals surface area contributed by atoms with Gasteiger partial charge in [0.2, 0.25) is 5.91 Å². The predicted molar refractivity (Wildman–Crippen MR) is 135 cm³/mol. The average molecular weight is 472 g/mol. The van der Waals surface area contributed by atoms with E-state index in [1.54, 1.807) is 12.0 Å². The second-order valence-electron chi connectivity index (χ2n) is 8.93. The van der Waals surface area contributed by atoms with E-state index in [0.717, 1.165) is 33.9 Å². The second kappa shape index (κ2) is 9.80. The highest BCUT2D eigenvalue weighted by Gasteiger charge is 2.36. The van der Waals surface area contributed by atoms with Gasteiger partial charge in [0.25, 0.3) is 0 Å². The molecule has 1 saturated heterocycles. The first-order valence-electron chi connectivity index (χ1n) is 11.8. The van der Waals surface area contributed by atoms with E-state index in [1.165, 1.54) is 0 Å². The number of para-hydroxylation sites is 4. The maximum atomic E-state index is 13.0. The van der Waals surface area contributed by atoms with Gasteiger partial charge in [-0.2, -0.15) is 0 Å². The minimum Gasteiger partial charge on any atom is -0.495 e. The summed E-state index contributed by atoms with van der Waals surface area (Å²) in [5, 5.41) is 10.9. The molecule has 0 bridgehead atoms. The minimum absolute atomic E-state index is 0.0291. The molecule has 7 nitrogen and oxygen atoms in total. The van der Waals surface area contributed by atoms with Gasteiger partial charge < -0.3 is 24.0 Å². The summed E-state index contributed by atoms with van der Waals surface area (Å²) < 4.78 is 13.3. The fraction of sp³-hybridized carbons (Fsp3) is 0.286. The normalized spacial score (nSPS) is 16.6. The van der Waals surface area contributed by atoms with E-state index in [2.05, 4.69) is 0 Å². The fourth-order valence-electron chi connectivity index (χ4n) is 4.72. The highest BCUT2D eigenvalue weighted by molar-refractivity contribution is 5.97. The molecule has 0 radical (unpaired) electrons. The van der Waals surface area contributed by atoms with Crippen LogP contribution in [0.1, 0.15) is 23.7 Å². The first-order valence-corrected chi connectivity index (χ1v) is 11.8. The smallest absolute Gasteiger partial charge is 0.227 e. The van der Waals surface area contributed by atoms with Crippen molar-refractivity contribution in [1.29, 1.82) is 0 Å². The van der Waals surface area contributed by atoms with Crippen LogP contribution >= 0.6 is 0 Å². The number of carbonyl (C=O) groups is 1. The molecule has 0 spiro atoms. The van der Waals surface area contributed by atoms with Gasteiger partial charge in [-0.15, -0.1) is 0 Å². The summed E-state index contributed by atoms with van der Waals surface area (Å²) >= 11 is 0. The molecule has 0 aliphatic carbocycles. The number of rotatable bonds is 8. The van der Waals surface area contributed by atoms with Crippen LogP contribution in [0.2, 0.25) is 0 Å². The Bertz CT molecular complexity index is 1350. The van der Waals surface area contributed by atoms with E-state index in [4.69, 9.17) is 14.5 Å². The summed E-state index contributed by atoms with van der Waals surface area (Å²) in [7, 11) is 1.61. The zero-order chi connectivity index (χ0) is 24.4. The third-order valence-corrected chi connectivity index (χ3v) is 6.38. The van der Waals surface area contributed by atoms with Gasteiger partial charge in [0.05, 0.1) is 30.4 Å². The molecule has 1 aromatic heterocycles. The van der Waals surface area contributed by atoms with E-state index < -0.39 is 6.10 Å². The van der Waals surface area contributed by atoms with Crippen LogP contribution in [0.3, 0.4) is 0 Å². The van der Waals surface area contributed by atoms with E-state index in [1.807, 2.05) is 84.3 Å². The summed E-state index contributed by atoms with van der Waals surface area (Å²) in [6.45, 7) is 2.98. The Hall–Kier alpha value is -3.84. The van der Waals surface area contributed by atoms with E-state index >= 15 is 0 Å². The van der Waals surface area contributed by atoms with Crippen LogP contribution < -0.4 is 14.4 Å². The molecule has 5 rings (SSSR count). The Morgan fingerprint density at radius 2 is 1.89 bits per heavy atom. The van der Waals surface area contributed by atoms with Crippen LogP contribution in [-0.2, 0) is 11.3 Å².